The molecule has 6 nitrogen and oxygen atoms in total. The molecule has 0 radical (unpaired) electrons. The van der Waals surface area contributed by atoms with Crippen LogP contribution in [0.15, 0.2) is 36.2 Å². The Morgan fingerprint density at radius 3 is 2.82 bits per heavy atom. The van der Waals surface area contributed by atoms with Crippen molar-refractivity contribution in [1.29, 1.82) is 0 Å². The quantitative estimate of drug-likeness (QED) is 0.505. The van der Waals surface area contributed by atoms with Gasteiger partial charge >= 0.3 is 5.97 Å². The first kappa shape index (κ1) is 14.3. The van der Waals surface area contributed by atoms with Gasteiger partial charge in [0.1, 0.15) is 12.2 Å². The molecule has 0 bridgehead atoms. The number of hydrogen-bond acceptors (Lipinski definition) is 4. The number of thiocarbonyl (C=S) groups is 1. The number of carbonyl (C=O) groups is 2. The van der Waals surface area contributed by atoms with E-state index in [2.05, 4.69) is 10.6 Å². The van der Waals surface area contributed by atoms with E-state index in [1.165, 1.54) is 7.11 Å². The van der Waals surface area contributed by atoms with Crippen molar-refractivity contribution in [1.82, 2.24) is 15.2 Å². The van der Waals surface area contributed by atoms with Crippen molar-refractivity contribution in [3.63, 3.8) is 0 Å². The molecule has 2 heterocycles. The lowest BCUT2D eigenvalue weighted by Crippen LogP contribution is -2.21. The maximum Gasteiger partial charge on any atom is 0.325 e. The summed E-state index contributed by atoms with van der Waals surface area (Å²) in [5.74, 6) is -0.604. The van der Waals surface area contributed by atoms with Gasteiger partial charge < -0.3 is 14.6 Å². The highest BCUT2D eigenvalue weighted by atomic mass is 32.1. The van der Waals surface area contributed by atoms with Crippen LogP contribution in [0, 0.1) is 0 Å². The van der Waals surface area contributed by atoms with Crippen LogP contribution in [-0.2, 0) is 20.9 Å². The van der Waals surface area contributed by atoms with E-state index in [9.17, 15) is 9.59 Å². The van der Waals surface area contributed by atoms with Crippen molar-refractivity contribution in [2.24, 2.45) is 0 Å². The molecule has 1 amide bonds. The number of benzene rings is 1. The lowest BCUT2D eigenvalue weighted by atomic mass is 10.1. The third-order valence-corrected chi connectivity index (χ3v) is 3.57. The molecule has 1 aromatic carbocycles. The minimum atomic E-state index is -0.335. The van der Waals surface area contributed by atoms with Gasteiger partial charge in [-0.15, -0.1) is 0 Å². The third-order valence-electron chi connectivity index (χ3n) is 3.37. The number of esters is 1. The summed E-state index contributed by atoms with van der Waals surface area (Å²) in [6, 6.07) is 7.63. The minimum absolute atomic E-state index is 0.109. The number of amides is 1. The van der Waals surface area contributed by atoms with Crippen LogP contribution in [0.3, 0.4) is 0 Å². The van der Waals surface area contributed by atoms with Gasteiger partial charge in [-0.1, -0.05) is 18.2 Å². The van der Waals surface area contributed by atoms with Crippen LogP contribution in [0.1, 0.15) is 5.56 Å². The molecule has 112 valence electrons. The van der Waals surface area contributed by atoms with E-state index in [0.29, 0.717) is 5.70 Å². The summed E-state index contributed by atoms with van der Waals surface area (Å²) in [7, 11) is 1.35. The first-order chi connectivity index (χ1) is 10.6. The number of hydrogen-bond donors (Lipinski definition) is 2. The van der Waals surface area contributed by atoms with Gasteiger partial charge in [-0.2, -0.15) is 0 Å². The molecule has 1 aliphatic heterocycles. The minimum Gasteiger partial charge on any atom is -0.468 e. The summed E-state index contributed by atoms with van der Waals surface area (Å²) in [4.78, 5) is 23.3. The fraction of sp³-hybridized carbons (Fsp3) is 0.133. The zero-order valence-corrected chi connectivity index (χ0v) is 12.6. The number of nitrogens with one attached hydrogen (secondary N) is 2. The molecule has 0 aliphatic carbocycles. The molecular weight excluding hydrogens is 302 g/mol. The van der Waals surface area contributed by atoms with Crippen LogP contribution >= 0.6 is 12.2 Å². The second-order valence-electron chi connectivity index (χ2n) is 4.77. The fourth-order valence-electron chi connectivity index (χ4n) is 2.36. The zero-order chi connectivity index (χ0) is 15.7. The van der Waals surface area contributed by atoms with Gasteiger partial charge in [0.15, 0.2) is 5.11 Å². The molecule has 1 aliphatic rings. The first-order valence-corrected chi connectivity index (χ1v) is 6.98. The second-order valence-corrected chi connectivity index (χ2v) is 5.18. The number of ether oxygens (including phenoxy) is 1. The zero-order valence-electron chi connectivity index (χ0n) is 11.8. The van der Waals surface area contributed by atoms with Crippen molar-refractivity contribution in [3.8, 4) is 0 Å². The monoisotopic (exact) mass is 315 g/mol. The normalized spacial score (nSPS) is 16.0. The molecule has 1 aromatic heterocycles. The predicted molar refractivity (Wildman–Crippen MR) is 85.8 cm³/mol. The van der Waals surface area contributed by atoms with Crippen LogP contribution in [0.25, 0.3) is 17.0 Å². The maximum absolute atomic E-state index is 11.7. The Hall–Kier alpha value is -2.67. The fourth-order valence-corrected chi connectivity index (χ4v) is 2.57. The summed E-state index contributed by atoms with van der Waals surface area (Å²) < 4.78 is 6.50. The topological polar surface area (TPSA) is 72.4 Å². The van der Waals surface area contributed by atoms with E-state index in [4.69, 9.17) is 17.0 Å². The molecule has 1 saturated heterocycles. The van der Waals surface area contributed by atoms with Crippen molar-refractivity contribution in [2.75, 3.05) is 7.11 Å². The van der Waals surface area contributed by atoms with Gasteiger partial charge in [0.2, 0.25) is 0 Å². The van der Waals surface area contributed by atoms with Crippen molar-refractivity contribution in [3.05, 3.63) is 41.7 Å². The molecule has 7 heteroatoms. The predicted octanol–water partition coefficient (Wildman–Crippen LogP) is 1.16. The summed E-state index contributed by atoms with van der Waals surface area (Å²) >= 11 is 4.91. The highest BCUT2D eigenvalue weighted by Gasteiger charge is 2.21. The van der Waals surface area contributed by atoms with E-state index in [1.807, 2.05) is 30.5 Å². The Bertz CT molecular complexity index is 823. The molecular formula is C15H13N3O3S. The van der Waals surface area contributed by atoms with E-state index in [1.54, 1.807) is 10.6 Å². The lowest BCUT2D eigenvalue weighted by molar-refractivity contribution is -0.141. The Morgan fingerprint density at radius 1 is 1.36 bits per heavy atom. The van der Waals surface area contributed by atoms with Gasteiger partial charge in [-0.25, -0.2) is 0 Å². The average molecular weight is 315 g/mol. The Labute approximate surface area is 131 Å². The molecule has 0 unspecified atom stereocenters. The average Bonchev–Trinajstić information content (AvgIpc) is 3.00. The van der Waals surface area contributed by atoms with Gasteiger partial charge in [-0.3, -0.25) is 14.9 Å². The second kappa shape index (κ2) is 5.61. The number of fused-ring (bicyclic) bond motifs is 1. The molecule has 0 spiro atoms. The molecule has 2 aromatic rings. The third kappa shape index (κ3) is 2.58. The van der Waals surface area contributed by atoms with E-state index in [-0.39, 0.29) is 23.5 Å². The number of methoxy groups -OCH3 is 1. The van der Waals surface area contributed by atoms with Crippen LogP contribution in [-0.4, -0.2) is 28.7 Å². The van der Waals surface area contributed by atoms with Crippen molar-refractivity contribution in [2.45, 2.75) is 6.54 Å². The largest absolute Gasteiger partial charge is 0.468 e. The summed E-state index contributed by atoms with van der Waals surface area (Å²) in [5, 5.41) is 6.55. The number of rotatable bonds is 3. The Morgan fingerprint density at radius 2 is 2.14 bits per heavy atom. The number of carbonyl (C=O) groups excluding carboxylic acids is 2. The molecule has 0 saturated carbocycles. The van der Waals surface area contributed by atoms with E-state index < -0.39 is 0 Å². The van der Waals surface area contributed by atoms with Crippen LogP contribution < -0.4 is 10.6 Å². The van der Waals surface area contributed by atoms with Crippen LogP contribution in [0.4, 0.5) is 0 Å². The van der Waals surface area contributed by atoms with Gasteiger partial charge in [-0.05, 0) is 24.4 Å². The lowest BCUT2D eigenvalue weighted by Gasteiger charge is -2.02. The Balaban J connectivity index is 2.07. The van der Waals surface area contributed by atoms with Gasteiger partial charge in [0.25, 0.3) is 5.91 Å². The summed E-state index contributed by atoms with van der Waals surface area (Å²) in [6.45, 7) is 0.109. The van der Waals surface area contributed by atoms with Gasteiger partial charge in [0.05, 0.1) is 7.11 Å². The van der Waals surface area contributed by atoms with Crippen LogP contribution in [0.2, 0.25) is 0 Å². The maximum atomic E-state index is 11.7. The number of para-hydroxylation sites is 1. The summed E-state index contributed by atoms with van der Waals surface area (Å²) in [6.07, 6.45) is 3.52. The van der Waals surface area contributed by atoms with Crippen molar-refractivity contribution < 1.29 is 14.3 Å². The highest BCUT2D eigenvalue weighted by molar-refractivity contribution is 7.80. The van der Waals surface area contributed by atoms with Gasteiger partial charge in [0, 0.05) is 22.7 Å². The standard InChI is InChI=1S/C15H13N3O3S/c1-21-13(19)8-18-7-9(10-4-2-3-5-12(10)18)6-11-14(20)17-15(22)16-11/h2-7H,8H2,1H3,(H2,16,17,20,22). The SMILES string of the molecule is COC(=O)Cn1cc(C=C2NC(=S)NC2=O)c2ccccc21. The molecule has 22 heavy (non-hydrogen) atoms. The summed E-state index contributed by atoms with van der Waals surface area (Å²) in [5.41, 5.74) is 2.09. The Kier molecular flexibility index (Phi) is 3.64. The smallest absolute Gasteiger partial charge is 0.325 e. The van der Waals surface area contributed by atoms with E-state index >= 15 is 0 Å². The molecule has 3 rings (SSSR count). The number of nitrogens with zero attached hydrogens (tertiary/aromatic N) is 1. The van der Waals surface area contributed by atoms with E-state index in [0.717, 1.165) is 16.5 Å². The number of aromatic nitrogens is 1. The molecule has 1 fully saturated rings. The molecule has 0 atom stereocenters. The van der Waals surface area contributed by atoms with Crippen LogP contribution in [0.5, 0.6) is 0 Å². The molecule has 2 N–H and O–H groups in total. The highest BCUT2D eigenvalue weighted by Crippen LogP contribution is 2.23. The van der Waals surface area contributed by atoms with Crippen molar-refractivity contribution >= 4 is 46.2 Å². The first-order valence-electron chi connectivity index (χ1n) is 6.57.